The van der Waals surface area contributed by atoms with Gasteiger partial charge in [0.25, 0.3) is 0 Å². The lowest BCUT2D eigenvalue weighted by Crippen LogP contribution is -1.85. The Balaban J connectivity index is 0.000000379. The molecule has 2 heterocycles. The molecular weight excluding hydrogens is 176 g/mol. The largest absolute Gasteiger partial charge is 0.250 e. The SMILES string of the molecule is CC.CC.c1cnc2ncncc2n1. The van der Waals surface area contributed by atoms with Crippen LogP contribution >= 0.6 is 0 Å². The Kier molecular flexibility index (Phi) is 7.13. The number of fused-ring (bicyclic) bond motifs is 1. The molecule has 4 nitrogen and oxygen atoms in total. The number of nitrogens with zero attached hydrogens (tertiary/aromatic N) is 4. The van der Waals surface area contributed by atoms with Crippen molar-refractivity contribution in [2.45, 2.75) is 27.7 Å². The van der Waals surface area contributed by atoms with Crippen molar-refractivity contribution < 1.29 is 0 Å². The van der Waals surface area contributed by atoms with Gasteiger partial charge in [-0.3, -0.25) is 0 Å². The maximum absolute atomic E-state index is 3.99. The molecule has 0 saturated carbocycles. The third kappa shape index (κ3) is 3.43. The van der Waals surface area contributed by atoms with Crippen LogP contribution in [-0.4, -0.2) is 19.9 Å². The second-order valence-electron chi connectivity index (χ2n) is 1.79. The molecule has 0 amide bonds. The van der Waals surface area contributed by atoms with Crippen LogP contribution in [0.25, 0.3) is 11.2 Å². The van der Waals surface area contributed by atoms with Gasteiger partial charge < -0.3 is 0 Å². The number of hydrogen-bond donors (Lipinski definition) is 0. The Hall–Kier alpha value is -1.58. The van der Waals surface area contributed by atoms with Gasteiger partial charge >= 0.3 is 0 Å². The standard InChI is InChI=1S/C6H4N4.2C2H6/c1-2-9-6-5(8-1)3-7-4-10-6;2*1-2/h1-4H;2*1-2H3. The van der Waals surface area contributed by atoms with E-state index in [-0.39, 0.29) is 0 Å². The van der Waals surface area contributed by atoms with Gasteiger partial charge in [-0.15, -0.1) is 0 Å². The van der Waals surface area contributed by atoms with Gasteiger partial charge in [-0.1, -0.05) is 27.7 Å². The lowest BCUT2D eigenvalue weighted by molar-refractivity contribution is 1.15. The highest BCUT2D eigenvalue weighted by molar-refractivity contribution is 5.66. The molecule has 2 rings (SSSR count). The van der Waals surface area contributed by atoms with Gasteiger partial charge in [0.15, 0.2) is 5.65 Å². The highest BCUT2D eigenvalue weighted by atomic mass is 14.9. The zero-order valence-corrected chi connectivity index (χ0v) is 9.10. The van der Waals surface area contributed by atoms with Crippen molar-refractivity contribution in [3.8, 4) is 0 Å². The molecule has 0 fully saturated rings. The summed E-state index contributed by atoms with van der Waals surface area (Å²) in [7, 11) is 0. The van der Waals surface area contributed by atoms with Gasteiger partial charge in [0.05, 0.1) is 6.20 Å². The van der Waals surface area contributed by atoms with Crippen LogP contribution in [0.15, 0.2) is 24.9 Å². The Morgan fingerprint density at radius 2 is 1.50 bits per heavy atom. The van der Waals surface area contributed by atoms with E-state index in [1.165, 1.54) is 6.33 Å². The molecule has 0 aliphatic heterocycles. The average molecular weight is 192 g/mol. The normalized spacial score (nSPS) is 8.00. The summed E-state index contributed by atoms with van der Waals surface area (Å²) in [5.74, 6) is 0. The predicted molar refractivity (Wildman–Crippen MR) is 57.8 cm³/mol. The summed E-state index contributed by atoms with van der Waals surface area (Å²) in [5.41, 5.74) is 1.36. The topological polar surface area (TPSA) is 51.6 Å². The van der Waals surface area contributed by atoms with E-state index in [2.05, 4.69) is 19.9 Å². The molecule has 76 valence electrons. The van der Waals surface area contributed by atoms with E-state index in [1.54, 1.807) is 18.6 Å². The Labute approximate surface area is 84.5 Å². The minimum absolute atomic E-state index is 0.637. The lowest BCUT2D eigenvalue weighted by Gasteiger charge is -1.89. The fourth-order valence-electron chi connectivity index (χ4n) is 0.724. The van der Waals surface area contributed by atoms with Crippen molar-refractivity contribution in [3.63, 3.8) is 0 Å². The summed E-state index contributed by atoms with van der Waals surface area (Å²) in [6.07, 6.45) is 6.31. The summed E-state index contributed by atoms with van der Waals surface area (Å²) in [6.45, 7) is 8.00. The third-order valence-corrected chi connectivity index (χ3v) is 1.15. The van der Waals surface area contributed by atoms with Crippen LogP contribution in [0.1, 0.15) is 27.7 Å². The summed E-state index contributed by atoms with van der Waals surface area (Å²) in [4.78, 5) is 15.7. The minimum Gasteiger partial charge on any atom is -0.250 e. The third-order valence-electron chi connectivity index (χ3n) is 1.15. The van der Waals surface area contributed by atoms with Gasteiger partial charge in [0.1, 0.15) is 11.8 Å². The van der Waals surface area contributed by atoms with Crippen LogP contribution in [-0.2, 0) is 0 Å². The van der Waals surface area contributed by atoms with E-state index in [0.29, 0.717) is 5.65 Å². The van der Waals surface area contributed by atoms with Crippen LogP contribution in [0.2, 0.25) is 0 Å². The number of rotatable bonds is 0. The van der Waals surface area contributed by atoms with Gasteiger partial charge in [-0.05, 0) is 0 Å². The number of hydrogen-bond acceptors (Lipinski definition) is 4. The second-order valence-corrected chi connectivity index (χ2v) is 1.79. The zero-order valence-electron chi connectivity index (χ0n) is 9.10. The van der Waals surface area contributed by atoms with Crippen molar-refractivity contribution >= 4 is 11.2 Å². The first kappa shape index (κ1) is 12.4. The van der Waals surface area contributed by atoms with Gasteiger partial charge in [0.2, 0.25) is 0 Å². The molecular formula is C10H16N4. The summed E-state index contributed by atoms with van der Waals surface area (Å²) in [6, 6.07) is 0. The molecule has 14 heavy (non-hydrogen) atoms. The van der Waals surface area contributed by atoms with Crippen LogP contribution in [0.5, 0.6) is 0 Å². The predicted octanol–water partition coefficient (Wildman–Crippen LogP) is 2.47. The molecule has 2 aromatic rings. The van der Waals surface area contributed by atoms with E-state index in [1.807, 2.05) is 27.7 Å². The summed E-state index contributed by atoms with van der Waals surface area (Å²) < 4.78 is 0. The minimum atomic E-state index is 0.637. The molecule has 4 heteroatoms. The first-order valence-electron chi connectivity index (χ1n) is 4.83. The first-order chi connectivity index (χ1) is 6.97. The molecule has 0 saturated heterocycles. The van der Waals surface area contributed by atoms with Crippen LogP contribution in [0.3, 0.4) is 0 Å². The molecule has 0 aliphatic rings. The zero-order chi connectivity index (χ0) is 10.8. The fourth-order valence-corrected chi connectivity index (χ4v) is 0.724. The molecule has 2 aromatic heterocycles. The van der Waals surface area contributed by atoms with E-state index < -0.39 is 0 Å². The van der Waals surface area contributed by atoms with Crippen molar-refractivity contribution in [2.75, 3.05) is 0 Å². The maximum Gasteiger partial charge on any atom is 0.181 e. The molecule has 0 aromatic carbocycles. The Morgan fingerprint density at radius 1 is 0.857 bits per heavy atom. The molecule has 0 bridgehead atoms. The highest BCUT2D eigenvalue weighted by Crippen LogP contribution is 1.98. The second kappa shape index (κ2) is 8.04. The van der Waals surface area contributed by atoms with Gasteiger partial charge in [0, 0.05) is 12.4 Å². The molecule has 0 spiro atoms. The van der Waals surface area contributed by atoms with E-state index in [9.17, 15) is 0 Å². The molecule has 0 radical (unpaired) electrons. The number of aromatic nitrogens is 4. The maximum atomic E-state index is 3.99. The van der Waals surface area contributed by atoms with Crippen molar-refractivity contribution in [1.29, 1.82) is 0 Å². The van der Waals surface area contributed by atoms with E-state index in [4.69, 9.17) is 0 Å². The van der Waals surface area contributed by atoms with Crippen molar-refractivity contribution in [2.24, 2.45) is 0 Å². The monoisotopic (exact) mass is 192 g/mol. The average Bonchev–Trinajstić information content (AvgIpc) is 2.34. The van der Waals surface area contributed by atoms with E-state index >= 15 is 0 Å². The first-order valence-corrected chi connectivity index (χ1v) is 4.83. The van der Waals surface area contributed by atoms with Gasteiger partial charge in [-0.2, -0.15) is 0 Å². The van der Waals surface area contributed by atoms with Crippen molar-refractivity contribution in [1.82, 2.24) is 19.9 Å². The quantitative estimate of drug-likeness (QED) is 0.643. The van der Waals surface area contributed by atoms with Crippen LogP contribution in [0.4, 0.5) is 0 Å². The fraction of sp³-hybridized carbons (Fsp3) is 0.400. The summed E-state index contributed by atoms with van der Waals surface area (Å²) in [5, 5.41) is 0. The highest BCUT2D eigenvalue weighted by Gasteiger charge is 1.90. The van der Waals surface area contributed by atoms with Gasteiger partial charge in [-0.25, -0.2) is 19.9 Å². The molecule has 0 unspecified atom stereocenters. The Morgan fingerprint density at radius 3 is 2.14 bits per heavy atom. The molecule has 0 N–H and O–H groups in total. The lowest BCUT2D eigenvalue weighted by atomic mass is 10.5. The molecule has 0 atom stereocenters. The smallest absolute Gasteiger partial charge is 0.181 e. The van der Waals surface area contributed by atoms with Crippen molar-refractivity contribution in [3.05, 3.63) is 24.9 Å². The molecule has 0 aliphatic carbocycles. The van der Waals surface area contributed by atoms with Crippen LogP contribution < -0.4 is 0 Å². The Bertz CT molecular complexity index is 283. The van der Waals surface area contributed by atoms with Crippen LogP contribution in [0, 0.1) is 0 Å². The summed E-state index contributed by atoms with van der Waals surface area (Å²) >= 11 is 0. The van der Waals surface area contributed by atoms with E-state index in [0.717, 1.165) is 5.52 Å².